The first-order chi connectivity index (χ1) is 19.6. The minimum atomic E-state index is -4.29. The maximum atomic E-state index is 16.3. The lowest BCUT2D eigenvalue weighted by molar-refractivity contribution is -0.142. The number of imidazole rings is 1. The van der Waals surface area contributed by atoms with Gasteiger partial charge in [0.1, 0.15) is 24.0 Å². The summed E-state index contributed by atoms with van der Waals surface area (Å²) >= 11 is 0. The smallest absolute Gasteiger partial charge is 0.459 e. The fourth-order valence-electron chi connectivity index (χ4n) is 4.38. The molecular formula is C25H31FN7O7P. The summed E-state index contributed by atoms with van der Waals surface area (Å²) in [5, 5.41) is 16.7. The van der Waals surface area contributed by atoms with Gasteiger partial charge in [0.15, 0.2) is 23.2 Å². The van der Waals surface area contributed by atoms with Crippen molar-refractivity contribution in [1.29, 1.82) is 0 Å². The molecule has 0 radical (unpaired) electrons. The van der Waals surface area contributed by atoms with Crippen LogP contribution in [-0.4, -0.2) is 74.3 Å². The zero-order valence-electron chi connectivity index (χ0n) is 22.3. The van der Waals surface area contributed by atoms with Crippen LogP contribution in [0.1, 0.15) is 26.0 Å². The second-order valence-corrected chi connectivity index (χ2v) is 11.4. The number of alkyl halides is 1. The van der Waals surface area contributed by atoms with Crippen molar-refractivity contribution in [2.24, 2.45) is 0 Å². The second kappa shape index (κ2) is 11.3. The van der Waals surface area contributed by atoms with Crippen molar-refractivity contribution in [2.45, 2.75) is 56.0 Å². The van der Waals surface area contributed by atoms with E-state index in [0.29, 0.717) is 11.3 Å². The highest BCUT2D eigenvalue weighted by molar-refractivity contribution is 7.52. The number of ether oxygens (including phenoxy) is 2. The number of anilines is 2. The molecule has 5 N–H and O–H groups in total. The topological polar surface area (TPSA) is 185 Å². The van der Waals surface area contributed by atoms with Gasteiger partial charge in [-0.3, -0.25) is 13.9 Å². The lowest BCUT2D eigenvalue weighted by Gasteiger charge is -2.26. The molecule has 2 fully saturated rings. The molecule has 1 unspecified atom stereocenters. The number of aliphatic hydroxyl groups is 1. The van der Waals surface area contributed by atoms with Crippen LogP contribution in [0.5, 0.6) is 5.75 Å². The van der Waals surface area contributed by atoms with Crippen molar-refractivity contribution in [3.05, 3.63) is 49.3 Å². The summed E-state index contributed by atoms with van der Waals surface area (Å²) in [6.07, 6.45) is -0.492. The van der Waals surface area contributed by atoms with Crippen LogP contribution in [0.25, 0.3) is 11.2 Å². The standard InChI is InChI=1S/C25H31FN7O7P/c1-4-25(26)19(34)17(12-38-41(36,32-14(2)22(35)37-3)40-16-8-6-5-7-9-16)39-23(25)33-13-28-18-20(29-15-10-11-15)30-24(27)31-21(18)33/h4-9,13-15,17,19,23,34H,1,10-12H2,2-3H3,(H,32,36)(H3,27,29,30,31)/t14-,17-,19-,23-,25-,41?/m1/s1. The number of nitrogen functional groups attached to an aromatic ring is 1. The molecule has 1 saturated carbocycles. The molecule has 1 aromatic carbocycles. The number of carbonyl (C=O) groups is 1. The third-order valence-electron chi connectivity index (χ3n) is 6.69. The number of methoxy groups -OCH3 is 1. The molecular weight excluding hydrogens is 560 g/mol. The van der Waals surface area contributed by atoms with Gasteiger partial charge in [0, 0.05) is 6.04 Å². The fraction of sp³-hybridized carbons (Fsp3) is 0.440. The number of rotatable bonds is 12. The van der Waals surface area contributed by atoms with Crippen molar-refractivity contribution < 1.29 is 37.4 Å². The number of carbonyl (C=O) groups excluding carboxylic acids is 1. The highest BCUT2D eigenvalue weighted by atomic mass is 31.2. The molecule has 41 heavy (non-hydrogen) atoms. The van der Waals surface area contributed by atoms with Crippen molar-refractivity contribution in [3.8, 4) is 5.75 Å². The Morgan fingerprint density at radius 1 is 1.39 bits per heavy atom. The molecule has 6 atom stereocenters. The van der Waals surface area contributed by atoms with Crippen LogP contribution in [0, 0.1) is 0 Å². The third-order valence-corrected chi connectivity index (χ3v) is 8.34. The van der Waals surface area contributed by atoms with Crippen LogP contribution < -0.4 is 20.7 Å². The molecule has 16 heteroatoms. The van der Waals surface area contributed by atoms with Gasteiger partial charge >= 0.3 is 13.7 Å². The van der Waals surface area contributed by atoms with E-state index in [4.69, 9.17) is 19.5 Å². The van der Waals surface area contributed by atoms with Gasteiger partial charge in [0.05, 0.1) is 20.0 Å². The van der Waals surface area contributed by atoms with E-state index in [9.17, 15) is 14.5 Å². The molecule has 0 amide bonds. The van der Waals surface area contributed by atoms with E-state index in [2.05, 4.69) is 36.7 Å². The average Bonchev–Trinajstić information content (AvgIpc) is 3.62. The number of nitrogens with zero attached hydrogens (tertiary/aromatic N) is 4. The lowest BCUT2D eigenvalue weighted by atomic mass is 9.96. The summed E-state index contributed by atoms with van der Waals surface area (Å²) in [5.74, 6) is -0.204. The number of nitrogens with one attached hydrogen (secondary N) is 2. The fourth-order valence-corrected chi connectivity index (χ4v) is 5.88. The Hall–Kier alpha value is -3.62. The van der Waals surface area contributed by atoms with E-state index < -0.39 is 50.5 Å². The number of hydrogen-bond donors (Lipinski definition) is 4. The summed E-state index contributed by atoms with van der Waals surface area (Å²) in [7, 11) is -3.11. The van der Waals surface area contributed by atoms with Crippen molar-refractivity contribution in [2.75, 3.05) is 24.8 Å². The summed E-state index contributed by atoms with van der Waals surface area (Å²) < 4.78 is 53.1. The predicted octanol–water partition coefficient (Wildman–Crippen LogP) is 2.49. The maximum absolute atomic E-state index is 16.3. The van der Waals surface area contributed by atoms with Crippen molar-refractivity contribution >= 4 is 36.6 Å². The summed E-state index contributed by atoms with van der Waals surface area (Å²) in [6, 6.07) is 7.24. The van der Waals surface area contributed by atoms with E-state index in [1.807, 2.05) is 0 Å². The first kappa shape index (κ1) is 28.9. The normalized spacial score (nSPS) is 26.3. The van der Waals surface area contributed by atoms with Gasteiger partial charge in [-0.2, -0.15) is 15.1 Å². The minimum Gasteiger partial charge on any atom is -0.468 e. The predicted molar refractivity (Wildman–Crippen MR) is 146 cm³/mol. The lowest BCUT2D eigenvalue weighted by Crippen LogP contribution is -2.42. The Morgan fingerprint density at radius 2 is 2.12 bits per heavy atom. The molecule has 1 aliphatic heterocycles. The number of benzene rings is 1. The molecule has 3 aromatic rings. The highest BCUT2D eigenvalue weighted by Crippen LogP contribution is 2.48. The van der Waals surface area contributed by atoms with E-state index in [-0.39, 0.29) is 23.4 Å². The number of halogens is 1. The van der Waals surface area contributed by atoms with Crippen LogP contribution >= 0.6 is 7.75 Å². The van der Waals surface area contributed by atoms with Gasteiger partial charge in [0.2, 0.25) is 11.6 Å². The molecule has 3 heterocycles. The molecule has 2 aliphatic rings. The Morgan fingerprint density at radius 3 is 2.78 bits per heavy atom. The number of nitrogens with two attached hydrogens (primary N) is 1. The number of para-hydroxylation sites is 1. The number of fused-ring (bicyclic) bond motifs is 1. The van der Waals surface area contributed by atoms with E-state index in [0.717, 1.165) is 18.9 Å². The summed E-state index contributed by atoms with van der Waals surface area (Å²) in [5.41, 5.74) is 3.90. The van der Waals surface area contributed by atoms with E-state index >= 15 is 4.39 Å². The Balaban J connectivity index is 1.40. The number of hydrogen-bond acceptors (Lipinski definition) is 12. The van der Waals surface area contributed by atoms with Gasteiger partial charge in [-0.15, -0.1) is 0 Å². The van der Waals surface area contributed by atoms with Gasteiger partial charge in [-0.25, -0.2) is 13.9 Å². The number of aromatic nitrogens is 4. The maximum Gasteiger partial charge on any atom is 0.459 e. The summed E-state index contributed by atoms with van der Waals surface area (Å²) in [6.45, 7) is 4.36. The van der Waals surface area contributed by atoms with Crippen molar-refractivity contribution in [3.63, 3.8) is 0 Å². The molecule has 1 saturated heterocycles. The third kappa shape index (κ3) is 5.90. The number of aliphatic hydroxyl groups excluding tert-OH is 1. The van der Waals surface area contributed by atoms with E-state index in [1.165, 1.54) is 37.1 Å². The average molecular weight is 592 g/mol. The van der Waals surface area contributed by atoms with Gasteiger partial charge < -0.3 is 30.2 Å². The first-order valence-corrected chi connectivity index (χ1v) is 14.4. The molecule has 5 rings (SSSR count). The van der Waals surface area contributed by atoms with Crippen LogP contribution in [-0.2, 0) is 23.4 Å². The summed E-state index contributed by atoms with van der Waals surface area (Å²) in [4.78, 5) is 24.8. The van der Waals surface area contributed by atoms with Crippen LogP contribution in [0.15, 0.2) is 49.3 Å². The van der Waals surface area contributed by atoms with Crippen molar-refractivity contribution in [1.82, 2.24) is 24.6 Å². The molecule has 220 valence electrons. The zero-order chi connectivity index (χ0) is 29.4. The molecule has 14 nitrogen and oxygen atoms in total. The Labute approximate surface area is 234 Å². The SMILES string of the molecule is C=C[C@@]1(F)[C@H](O)[C@@H](COP(=O)(N[C@H](C)C(=O)OC)Oc2ccccc2)O[C@H]1n1cnc2c(NC3CC3)nc(N)nc21. The van der Waals surface area contributed by atoms with Crippen LogP contribution in [0.3, 0.4) is 0 Å². The zero-order valence-corrected chi connectivity index (χ0v) is 23.2. The second-order valence-electron chi connectivity index (χ2n) is 9.75. The largest absolute Gasteiger partial charge is 0.468 e. The van der Waals surface area contributed by atoms with Gasteiger partial charge in [0.25, 0.3) is 0 Å². The Bertz CT molecular complexity index is 1470. The molecule has 1 aliphatic carbocycles. The number of esters is 1. The van der Waals surface area contributed by atoms with Crippen LogP contribution in [0.4, 0.5) is 16.2 Å². The molecule has 0 spiro atoms. The van der Waals surface area contributed by atoms with Gasteiger partial charge in [-0.1, -0.05) is 24.8 Å². The van der Waals surface area contributed by atoms with E-state index in [1.54, 1.807) is 18.2 Å². The quantitative estimate of drug-likeness (QED) is 0.137. The monoisotopic (exact) mass is 591 g/mol. The van der Waals surface area contributed by atoms with Gasteiger partial charge in [-0.05, 0) is 38.0 Å². The highest BCUT2D eigenvalue weighted by Gasteiger charge is 2.57. The minimum absolute atomic E-state index is 0.0614. The first-order valence-electron chi connectivity index (χ1n) is 12.8. The Kier molecular flexibility index (Phi) is 7.99. The molecule has 0 bridgehead atoms. The van der Waals surface area contributed by atoms with Crippen LogP contribution in [0.2, 0.25) is 0 Å². The molecule has 2 aromatic heterocycles.